The summed E-state index contributed by atoms with van der Waals surface area (Å²) in [5.41, 5.74) is 12.2. The van der Waals surface area contributed by atoms with Gasteiger partial charge in [-0.15, -0.1) is 10.6 Å². The van der Waals surface area contributed by atoms with Gasteiger partial charge in [-0.25, -0.2) is 5.53 Å². The molecule has 3 rings (SSSR count). The second-order valence-electron chi connectivity index (χ2n) is 5.13. The highest BCUT2D eigenvalue weighted by atomic mass is 15.8. The minimum Gasteiger partial charge on any atom is -0.283 e. The number of fused-ring (bicyclic) bond motifs is 1. The number of amidine groups is 1. The minimum atomic E-state index is 0.648. The van der Waals surface area contributed by atoms with E-state index in [0.29, 0.717) is 5.92 Å². The number of nitrogens with one attached hydrogen (secondary N) is 4. The molecule has 0 saturated heterocycles. The lowest BCUT2D eigenvalue weighted by atomic mass is 10.1. The predicted octanol–water partition coefficient (Wildman–Crippen LogP) is 1.32. The summed E-state index contributed by atoms with van der Waals surface area (Å²) >= 11 is 0. The van der Waals surface area contributed by atoms with Crippen LogP contribution < -0.4 is 21.9 Å². The van der Waals surface area contributed by atoms with Gasteiger partial charge < -0.3 is 0 Å². The topological polar surface area (TPSA) is 72.8 Å². The van der Waals surface area contributed by atoms with Crippen molar-refractivity contribution in [3.63, 3.8) is 0 Å². The van der Waals surface area contributed by atoms with E-state index >= 15 is 0 Å². The molecule has 0 spiro atoms. The lowest BCUT2D eigenvalue weighted by molar-refractivity contribution is 0.515. The van der Waals surface area contributed by atoms with Gasteiger partial charge >= 0.3 is 0 Å². The van der Waals surface area contributed by atoms with Gasteiger partial charge in [0.25, 0.3) is 0 Å². The number of allylic oxidation sites excluding steroid dienone is 1. The van der Waals surface area contributed by atoms with Crippen LogP contribution in [0.5, 0.6) is 0 Å². The summed E-state index contributed by atoms with van der Waals surface area (Å²) in [5.74, 6) is 3.67. The Morgan fingerprint density at radius 1 is 1.32 bits per heavy atom. The smallest absolute Gasteiger partial charge is 0.188 e. The number of rotatable bonds is 2. The van der Waals surface area contributed by atoms with Gasteiger partial charge in [0, 0.05) is 12.1 Å². The zero-order valence-electron chi connectivity index (χ0n) is 12.1. The Morgan fingerprint density at radius 3 is 2.74 bits per heavy atom. The quantitative estimate of drug-likeness (QED) is 0.607. The average molecular weight is 264 g/mol. The molecule has 3 aliphatic rings. The van der Waals surface area contributed by atoms with Crippen molar-refractivity contribution in [2.24, 2.45) is 33.9 Å². The molecule has 1 unspecified atom stereocenters. The fourth-order valence-corrected chi connectivity index (χ4v) is 2.86. The van der Waals surface area contributed by atoms with Crippen LogP contribution in [0.4, 0.5) is 0 Å². The molecule has 0 aromatic carbocycles. The van der Waals surface area contributed by atoms with Crippen LogP contribution in [-0.4, -0.2) is 12.1 Å². The normalized spacial score (nSPS) is 35.7. The average Bonchev–Trinajstić information content (AvgIpc) is 2.84. The van der Waals surface area contributed by atoms with E-state index in [-0.39, 0.29) is 0 Å². The van der Waals surface area contributed by atoms with Gasteiger partial charge in [-0.2, -0.15) is 5.10 Å². The van der Waals surface area contributed by atoms with Crippen LogP contribution in [0.1, 0.15) is 34.1 Å². The Labute approximate surface area is 114 Å². The molecule has 0 radical (unpaired) electrons. The van der Waals surface area contributed by atoms with Crippen molar-refractivity contribution in [3.8, 4) is 0 Å². The van der Waals surface area contributed by atoms with Gasteiger partial charge in [0.15, 0.2) is 5.84 Å². The Balaban J connectivity index is 0.000000637. The number of nitrogens with zero attached hydrogens (tertiary/aromatic N) is 2. The highest BCUT2D eigenvalue weighted by Crippen LogP contribution is 2.52. The van der Waals surface area contributed by atoms with Crippen LogP contribution in [0, 0.1) is 23.7 Å². The minimum absolute atomic E-state index is 0.648. The fourth-order valence-electron chi connectivity index (χ4n) is 2.86. The SMILES string of the molecule is CC.CC(C)C1[C@H]2/C=N/N/C(C3=NNNN3)=C/C[C@@H]12. The molecule has 0 aromatic heterocycles. The maximum Gasteiger partial charge on any atom is 0.188 e. The van der Waals surface area contributed by atoms with Crippen molar-refractivity contribution in [2.75, 3.05) is 0 Å². The first-order valence-corrected chi connectivity index (χ1v) is 7.11. The molecule has 6 heteroatoms. The molecule has 1 fully saturated rings. The van der Waals surface area contributed by atoms with Gasteiger partial charge in [-0.1, -0.05) is 33.8 Å². The molecule has 0 aromatic rings. The van der Waals surface area contributed by atoms with Gasteiger partial charge in [0.2, 0.25) is 0 Å². The van der Waals surface area contributed by atoms with Crippen molar-refractivity contribution in [1.29, 1.82) is 0 Å². The molecule has 1 saturated carbocycles. The Bertz CT molecular complexity index is 398. The van der Waals surface area contributed by atoms with Gasteiger partial charge in [-0.3, -0.25) is 10.9 Å². The van der Waals surface area contributed by atoms with Crippen LogP contribution in [0.25, 0.3) is 0 Å². The van der Waals surface area contributed by atoms with Crippen molar-refractivity contribution in [2.45, 2.75) is 34.1 Å². The molecule has 0 amide bonds. The highest BCUT2D eigenvalue weighted by Gasteiger charge is 2.49. The molecule has 0 bridgehead atoms. The van der Waals surface area contributed by atoms with E-state index in [4.69, 9.17) is 0 Å². The molecule has 1 aliphatic carbocycles. The molecular weight excluding hydrogens is 240 g/mol. The molecule has 19 heavy (non-hydrogen) atoms. The fraction of sp³-hybridized carbons (Fsp3) is 0.692. The summed E-state index contributed by atoms with van der Waals surface area (Å²) in [6, 6.07) is 0. The molecule has 2 aliphatic heterocycles. The Morgan fingerprint density at radius 2 is 2.11 bits per heavy atom. The lowest BCUT2D eigenvalue weighted by Gasteiger charge is -2.07. The summed E-state index contributed by atoms with van der Waals surface area (Å²) in [6.07, 6.45) is 5.32. The highest BCUT2D eigenvalue weighted by molar-refractivity contribution is 5.98. The van der Waals surface area contributed by atoms with Gasteiger partial charge in [0.1, 0.15) is 0 Å². The number of hydrazine groups is 2. The maximum atomic E-state index is 4.29. The third-order valence-electron chi connectivity index (χ3n) is 3.75. The summed E-state index contributed by atoms with van der Waals surface area (Å²) in [6.45, 7) is 8.58. The first kappa shape index (κ1) is 13.9. The number of hydrazone groups is 2. The molecule has 4 N–H and O–H groups in total. The zero-order valence-corrected chi connectivity index (χ0v) is 12.1. The predicted molar refractivity (Wildman–Crippen MR) is 77.8 cm³/mol. The van der Waals surface area contributed by atoms with Crippen LogP contribution >= 0.6 is 0 Å². The zero-order chi connectivity index (χ0) is 13.8. The summed E-state index contributed by atoms with van der Waals surface area (Å²) in [7, 11) is 0. The largest absolute Gasteiger partial charge is 0.283 e. The van der Waals surface area contributed by atoms with Crippen LogP contribution in [-0.2, 0) is 0 Å². The molecular formula is C13H24N6. The third-order valence-corrected chi connectivity index (χ3v) is 3.75. The van der Waals surface area contributed by atoms with Crippen molar-refractivity contribution in [1.82, 2.24) is 21.9 Å². The van der Waals surface area contributed by atoms with E-state index in [1.165, 1.54) is 0 Å². The second kappa shape index (κ2) is 6.06. The molecule has 106 valence electrons. The van der Waals surface area contributed by atoms with Crippen molar-refractivity contribution >= 4 is 12.1 Å². The number of hydrogen-bond acceptors (Lipinski definition) is 6. The van der Waals surface area contributed by atoms with E-state index in [2.05, 4.69) is 58.3 Å². The monoisotopic (exact) mass is 264 g/mol. The summed E-state index contributed by atoms with van der Waals surface area (Å²) in [5, 5.41) is 8.36. The maximum absolute atomic E-state index is 4.29. The van der Waals surface area contributed by atoms with Crippen molar-refractivity contribution in [3.05, 3.63) is 11.8 Å². The molecule has 6 nitrogen and oxygen atoms in total. The van der Waals surface area contributed by atoms with Crippen LogP contribution in [0.15, 0.2) is 22.0 Å². The third kappa shape index (κ3) is 2.89. The van der Waals surface area contributed by atoms with Crippen LogP contribution in [0.2, 0.25) is 0 Å². The Hall–Kier alpha value is -1.56. The van der Waals surface area contributed by atoms with Gasteiger partial charge in [-0.05, 0) is 24.2 Å². The second-order valence-corrected chi connectivity index (χ2v) is 5.13. The van der Waals surface area contributed by atoms with E-state index in [1.54, 1.807) is 0 Å². The van der Waals surface area contributed by atoms with E-state index in [9.17, 15) is 0 Å². The van der Waals surface area contributed by atoms with Crippen LogP contribution in [0.3, 0.4) is 0 Å². The van der Waals surface area contributed by atoms with Crippen molar-refractivity contribution < 1.29 is 0 Å². The summed E-state index contributed by atoms with van der Waals surface area (Å²) in [4.78, 5) is 0. The Kier molecular flexibility index (Phi) is 4.42. The first-order valence-electron chi connectivity index (χ1n) is 7.11. The lowest BCUT2D eigenvalue weighted by Crippen LogP contribution is -2.37. The molecule has 3 atom stereocenters. The van der Waals surface area contributed by atoms with E-state index in [1.807, 2.05) is 13.8 Å². The van der Waals surface area contributed by atoms with E-state index < -0.39 is 0 Å². The first-order chi connectivity index (χ1) is 9.27. The van der Waals surface area contributed by atoms with Gasteiger partial charge in [0.05, 0.1) is 5.70 Å². The van der Waals surface area contributed by atoms with E-state index in [0.717, 1.165) is 35.7 Å². The number of hydrogen-bond donors (Lipinski definition) is 4. The summed E-state index contributed by atoms with van der Waals surface area (Å²) < 4.78 is 0. The standard InChI is InChI=1S/C11H18N6.C2H6/c1-6(2)10-7-3-4-9(11-14-16-17-15-11)13-12-5-8(7)10;1-2/h4-8,10,13,16-17H,3H2,1-2H3,(H,14,15);1-2H3/b9-4+,12-5+;/t7-,8+,10?;/m1./s1. The molecule has 2 heterocycles.